The molecule has 0 atom stereocenters. The molecule has 0 amide bonds. The minimum Gasteiger partial charge on any atom is -0.497 e. The second kappa shape index (κ2) is 3.80. The van der Waals surface area contributed by atoms with Crippen molar-refractivity contribution < 1.29 is 4.74 Å². The van der Waals surface area contributed by atoms with E-state index in [0.717, 1.165) is 41.9 Å². The maximum Gasteiger partial charge on any atom is 0.119 e. The molecule has 1 aliphatic carbocycles. The highest BCUT2D eigenvalue weighted by atomic mass is 16.5. The molecule has 0 bridgehead atoms. The van der Waals surface area contributed by atoms with E-state index in [-0.39, 0.29) is 0 Å². The molecule has 2 aromatic rings. The van der Waals surface area contributed by atoms with Gasteiger partial charge in [-0.15, -0.1) is 0 Å². The van der Waals surface area contributed by atoms with Crippen LogP contribution < -0.4 is 10.6 Å². The van der Waals surface area contributed by atoms with Gasteiger partial charge in [-0.25, -0.2) is 0 Å². The van der Waals surface area contributed by atoms with Crippen molar-refractivity contribution in [1.82, 2.24) is 4.98 Å². The average molecular weight is 229 g/mol. The number of H-pyrrole nitrogens is 1. The minimum absolute atomic E-state index is 0.885. The van der Waals surface area contributed by atoms with E-state index >= 15 is 0 Å². The molecule has 0 saturated heterocycles. The van der Waals surface area contributed by atoms with E-state index in [1.165, 1.54) is 10.9 Å². The van der Waals surface area contributed by atoms with Crippen LogP contribution in [0.4, 0.5) is 0 Å². The Morgan fingerprint density at radius 2 is 2.24 bits per heavy atom. The molecule has 0 saturated carbocycles. The van der Waals surface area contributed by atoms with E-state index in [1.807, 2.05) is 12.1 Å². The van der Waals surface area contributed by atoms with Crippen LogP contribution in [-0.4, -0.2) is 17.8 Å². The zero-order valence-corrected chi connectivity index (χ0v) is 9.79. The fourth-order valence-electron chi connectivity index (χ4n) is 2.55. The maximum absolute atomic E-state index is 5.44. The van der Waals surface area contributed by atoms with Crippen molar-refractivity contribution in [3.8, 4) is 5.75 Å². The Labute approximate surface area is 99.5 Å². The third kappa shape index (κ3) is 1.48. The zero-order chi connectivity index (χ0) is 11.8. The second-order valence-corrected chi connectivity index (χ2v) is 4.32. The molecule has 0 spiro atoms. The molecule has 88 valence electrons. The first-order valence-electron chi connectivity index (χ1n) is 5.79. The third-order valence-corrected chi connectivity index (χ3v) is 3.40. The smallest absolute Gasteiger partial charge is 0.119 e. The maximum atomic E-state index is 5.44. The lowest BCUT2D eigenvalue weighted by atomic mass is 9.94. The van der Waals surface area contributed by atoms with Crippen LogP contribution in [0.1, 0.15) is 24.1 Å². The summed E-state index contributed by atoms with van der Waals surface area (Å²) < 4.78 is 5.27. The molecule has 1 heterocycles. The van der Waals surface area contributed by atoms with Crippen LogP contribution in [0.3, 0.4) is 0 Å². The Morgan fingerprint density at radius 3 is 3.00 bits per heavy atom. The van der Waals surface area contributed by atoms with Crippen LogP contribution in [0.15, 0.2) is 23.3 Å². The van der Waals surface area contributed by atoms with E-state index in [2.05, 4.69) is 16.2 Å². The summed E-state index contributed by atoms with van der Waals surface area (Å²) in [6.45, 7) is 0. The van der Waals surface area contributed by atoms with Gasteiger partial charge in [0, 0.05) is 10.9 Å². The number of aryl methyl sites for hydroxylation is 1. The Morgan fingerprint density at radius 1 is 1.35 bits per heavy atom. The predicted molar refractivity (Wildman–Crippen MR) is 68.5 cm³/mol. The van der Waals surface area contributed by atoms with Crippen LogP contribution in [-0.2, 0) is 6.42 Å². The Kier molecular flexibility index (Phi) is 2.28. The number of benzene rings is 1. The molecular formula is C13H15N3O. The Bertz CT molecular complexity index is 598. The molecule has 0 radical (unpaired) electrons. The first-order chi connectivity index (χ1) is 8.33. The number of hydrazone groups is 1. The second-order valence-electron chi connectivity index (χ2n) is 4.32. The van der Waals surface area contributed by atoms with E-state index in [4.69, 9.17) is 10.6 Å². The highest BCUT2D eigenvalue weighted by Crippen LogP contribution is 2.31. The Balaban J connectivity index is 2.27. The zero-order valence-electron chi connectivity index (χ0n) is 9.79. The van der Waals surface area contributed by atoms with Crippen LogP contribution in [0.2, 0.25) is 0 Å². The quantitative estimate of drug-likeness (QED) is 0.581. The van der Waals surface area contributed by atoms with Gasteiger partial charge in [0.05, 0.1) is 18.5 Å². The van der Waals surface area contributed by atoms with Crippen molar-refractivity contribution in [2.45, 2.75) is 19.3 Å². The molecule has 4 nitrogen and oxygen atoms in total. The van der Waals surface area contributed by atoms with Gasteiger partial charge in [-0.3, -0.25) is 0 Å². The van der Waals surface area contributed by atoms with Crippen LogP contribution in [0, 0.1) is 0 Å². The standard InChI is InChI=1S/C13H15N3O/c1-17-8-5-6-11-10(7-8)9-3-2-4-12(16-14)13(9)15-11/h5-7,15H,2-4,14H2,1H3. The van der Waals surface area contributed by atoms with Gasteiger partial charge in [-0.1, -0.05) is 0 Å². The van der Waals surface area contributed by atoms with Crippen LogP contribution in [0.25, 0.3) is 10.9 Å². The first kappa shape index (κ1) is 10.2. The summed E-state index contributed by atoms with van der Waals surface area (Å²) in [6.07, 6.45) is 3.13. The van der Waals surface area contributed by atoms with Crippen molar-refractivity contribution in [3.05, 3.63) is 29.5 Å². The SMILES string of the molecule is COc1ccc2[nH]c3c(c2c1)CCCC3=NN. The van der Waals surface area contributed by atoms with Gasteiger partial charge in [0.2, 0.25) is 0 Å². The third-order valence-electron chi connectivity index (χ3n) is 3.40. The minimum atomic E-state index is 0.885. The van der Waals surface area contributed by atoms with Crippen molar-refractivity contribution in [3.63, 3.8) is 0 Å². The normalized spacial score (nSPS) is 17.4. The number of methoxy groups -OCH3 is 1. The summed E-state index contributed by atoms with van der Waals surface area (Å²) in [5.41, 5.74) is 4.51. The van der Waals surface area contributed by atoms with Crippen molar-refractivity contribution in [1.29, 1.82) is 0 Å². The van der Waals surface area contributed by atoms with Gasteiger partial charge < -0.3 is 15.6 Å². The molecule has 17 heavy (non-hydrogen) atoms. The summed E-state index contributed by atoms with van der Waals surface area (Å²) in [4.78, 5) is 3.40. The Hall–Kier alpha value is -1.97. The molecule has 1 aromatic heterocycles. The van der Waals surface area contributed by atoms with Crippen LogP contribution in [0.5, 0.6) is 5.75 Å². The van der Waals surface area contributed by atoms with Gasteiger partial charge in [0.1, 0.15) is 5.75 Å². The van der Waals surface area contributed by atoms with Gasteiger partial charge in [-0.2, -0.15) is 5.10 Å². The molecule has 0 unspecified atom stereocenters. The number of aromatic amines is 1. The van der Waals surface area contributed by atoms with Crippen molar-refractivity contribution in [2.75, 3.05) is 7.11 Å². The van der Waals surface area contributed by atoms with Gasteiger partial charge in [-0.05, 0) is 43.0 Å². The van der Waals surface area contributed by atoms with Gasteiger partial charge in [0.25, 0.3) is 0 Å². The van der Waals surface area contributed by atoms with E-state index in [9.17, 15) is 0 Å². The lowest BCUT2D eigenvalue weighted by molar-refractivity contribution is 0.415. The summed E-state index contributed by atoms with van der Waals surface area (Å²) in [7, 11) is 1.69. The molecule has 3 rings (SSSR count). The number of nitrogens with two attached hydrogens (primary N) is 1. The molecule has 4 heteroatoms. The topological polar surface area (TPSA) is 63.4 Å². The van der Waals surface area contributed by atoms with E-state index < -0.39 is 0 Å². The number of rotatable bonds is 1. The summed E-state index contributed by atoms with van der Waals surface area (Å²) in [6, 6.07) is 6.08. The summed E-state index contributed by atoms with van der Waals surface area (Å²) in [5.74, 6) is 6.32. The van der Waals surface area contributed by atoms with E-state index in [1.54, 1.807) is 7.11 Å². The van der Waals surface area contributed by atoms with Crippen molar-refractivity contribution >= 4 is 16.6 Å². The fourth-order valence-corrected chi connectivity index (χ4v) is 2.55. The molecule has 0 fully saturated rings. The molecular weight excluding hydrogens is 214 g/mol. The number of hydrogen-bond acceptors (Lipinski definition) is 3. The number of nitrogens with one attached hydrogen (secondary N) is 1. The number of fused-ring (bicyclic) bond motifs is 3. The predicted octanol–water partition coefficient (Wildman–Crippen LogP) is 2.18. The molecule has 0 aliphatic heterocycles. The number of aromatic nitrogens is 1. The first-order valence-corrected chi connectivity index (χ1v) is 5.79. The number of nitrogens with zero attached hydrogens (tertiary/aromatic N) is 1. The monoisotopic (exact) mass is 229 g/mol. The van der Waals surface area contributed by atoms with Crippen LogP contribution >= 0.6 is 0 Å². The summed E-state index contributed by atoms with van der Waals surface area (Å²) in [5, 5.41) is 5.10. The highest BCUT2D eigenvalue weighted by molar-refractivity contribution is 6.06. The highest BCUT2D eigenvalue weighted by Gasteiger charge is 2.20. The number of ether oxygens (including phenoxy) is 1. The molecule has 1 aliphatic rings. The largest absolute Gasteiger partial charge is 0.497 e. The van der Waals surface area contributed by atoms with E-state index in [0.29, 0.717) is 0 Å². The molecule has 1 aromatic carbocycles. The molecule has 3 N–H and O–H groups in total. The fraction of sp³-hybridized carbons (Fsp3) is 0.308. The number of hydrogen-bond donors (Lipinski definition) is 2. The van der Waals surface area contributed by atoms with Gasteiger partial charge >= 0.3 is 0 Å². The van der Waals surface area contributed by atoms with Gasteiger partial charge in [0.15, 0.2) is 0 Å². The lowest BCUT2D eigenvalue weighted by Crippen LogP contribution is -2.12. The van der Waals surface area contributed by atoms with Crippen molar-refractivity contribution in [2.24, 2.45) is 10.9 Å². The lowest BCUT2D eigenvalue weighted by Gasteiger charge is -2.12. The summed E-state index contributed by atoms with van der Waals surface area (Å²) >= 11 is 0. The average Bonchev–Trinajstić information content (AvgIpc) is 2.76.